The fourth-order valence-corrected chi connectivity index (χ4v) is 3.03. The van der Waals surface area contributed by atoms with Gasteiger partial charge >= 0.3 is 0 Å². The highest BCUT2D eigenvalue weighted by Crippen LogP contribution is 2.22. The summed E-state index contributed by atoms with van der Waals surface area (Å²) in [6, 6.07) is 5.27. The lowest BCUT2D eigenvalue weighted by Crippen LogP contribution is -2.47. The van der Waals surface area contributed by atoms with Gasteiger partial charge in [0.05, 0.1) is 12.6 Å². The van der Waals surface area contributed by atoms with E-state index in [1.165, 1.54) is 0 Å². The molecule has 2 aromatic rings. The molecule has 3 heterocycles. The van der Waals surface area contributed by atoms with Gasteiger partial charge in [-0.2, -0.15) is 0 Å². The van der Waals surface area contributed by atoms with Crippen molar-refractivity contribution in [2.75, 3.05) is 24.5 Å². The van der Waals surface area contributed by atoms with Crippen molar-refractivity contribution < 1.29 is 14.0 Å². The molecule has 2 N–H and O–H groups in total. The maximum absolute atomic E-state index is 12.5. The second kappa shape index (κ2) is 6.96. The molecule has 1 aliphatic rings. The van der Waals surface area contributed by atoms with Gasteiger partial charge in [-0.15, -0.1) is 0 Å². The Morgan fingerprint density at radius 1 is 1.40 bits per heavy atom. The van der Waals surface area contributed by atoms with E-state index < -0.39 is 0 Å². The summed E-state index contributed by atoms with van der Waals surface area (Å²) in [5.41, 5.74) is 2.10. The van der Waals surface area contributed by atoms with E-state index in [1.807, 2.05) is 37.8 Å². The van der Waals surface area contributed by atoms with Crippen LogP contribution in [0.4, 0.5) is 5.69 Å². The molecule has 25 heavy (non-hydrogen) atoms. The molecule has 0 radical (unpaired) electrons. The first-order chi connectivity index (χ1) is 11.9. The molecule has 0 spiro atoms. The molecule has 7 nitrogen and oxygen atoms in total. The molecule has 2 amide bonds. The molecule has 7 heteroatoms. The predicted octanol–water partition coefficient (Wildman–Crippen LogP) is 1.72. The van der Waals surface area contributed by atoms with E-state index in [0.29, 0.717) is 18.8 Å². The summed E-state index contributed by atoms with van der Waals surface area (Å²) in [4.78, 5) is 30.2. The van der Waals surface area contributed by atoms with Crippen LogP contribution in [0.2, 0.25) is 0 Å². The largest absolute Gasteiger partial charge is 0.466 e. The van der Waals surface area contributed by atoms with Crippen molar-refractivity contribution in [1.82, 2.24) is 15.6 Å². The lowest BCUT2D eigenvalue weighted by molar-refractivity contribution is -0.120. The summed E-state index contributed by atoms with van der Waals surface area (Å²) in [7, 11) is 0. The number of amides is 2. The Bertz CT molecular complexity index is 799. The average Bonchev–Trinajstić information content (AvgIpc) is 2.93. The maximum Gasteiger partial charge on any atom is 0.270 e. The highest BCUT2D eigenvalue weighted by molar-refractivity contribution is 5.93. The lowest BCUT2D eigenvalue weighted by Gasteiger charge is -2.28. The SMILES string of the molecule is Cc1cc([C@H](C)NC(=O)c2cc(N3CCNC(=O)C3)ccn2)c(C)o1. The molecule has 0 unspecified atom stereocenters. The number of hydrogen-bond donors (Lipinski definition) is 2. The smallest absolute Gasteiger partial charge is 0.270 e. The minimum absolute atomic E-state index is 0.0199. The Morgan fingerprint density at radius 2 is 2.20 bits per heavy atom. The van der Waals surface area contributed by atoms with Crippen LogP contribution in [-0.4, -0.2) is 36.4 Å². The number of nitrogens with zero attached hydrogens (tertiary/aromatic N) is 2. The molecule has 1 saturated heterocycles. The topological polar surface area (TPSA) is 87.5 Å². The molecule has 1 fully saturated rings. The van der Waals surface area contributed by atoms with Crippen molar-refractivity contribution in [3.05, 3.63) is 47.2 Å². The summed E-state index contributed by atoms with van der Waals surface area (Å²) in [5.74, 6) is 1.34. The minimum Gasteiger partial charge on any atom is -0.466 e. The highest BCUT2D eigenvalue weighted by Gasteiger charge is 2.20. The molecule has 3 rings (SSSR count). The maximum atomic E-state index is 12.5. The van der Waals surface area contributed by atoms with E-state index in [1.54, 1.807) is 12.3 Å². The molecule has 2 aromatic heterocycles. The van der Waals surface area contributed by atoms with Gasteiger partial charge in [0.25, 0.3) is 5.91 Å². The van der Waals surface area contributed by atoms with Crippen LogP contribution in [0.5, 0.6) is 0 Å². The van der Waals surface area contributed by atoms with Gasteiger partial charge in [0.1, 0.15) is 17.2 Å². The van der Waals surface area contributed by atoms with E-state index in [4.69, 9.17) is 4.42 Å². The van der Waals surface area contributed by atoms with Gasteiger partial charge in [-0.1, -0.05) is 0 Å². The number of nitrogens with one attached hydrogen (secondary N) is 2. The standard InChI is InChI=1S/C18H22N4O3/c1-11-8-15(13(3)25-11)12(2)21-18(24)16-9-14(4-5-19-16)22-7-6-20-17(23)10-22/h4-5,8-9,12H,6-7,10H2,1-3H3,(H,20,23)(H,21,24)/t12-/m0/s1. The zero-order chi connectivity index (χ0) is 18.0. The molecule has 132 valence electrons. The van der Waals surface area contributed by atoms with Crippen LogP contribution in [0.15, 0.2) is 28.8 Å². The molecule has 0 aromatic carbocycles. The summed E-state index contributed by atoms with van der Waals surface area (Å²) in [6.45, 7) is 7.26. The van der Waals surface area contributed by atoms with Crippen LogP contribution in [0.1, 0.15) is 40.5 Å². The van der Waals surface area contributed by atoms with E-state index >= 15 is 0 Å². The van der Waals surface area contributed by atoms with Crippen LogP contribution in [-0.2, 0) is 4.79 Å². The first-order valence-corrected chi connectivity index (χ1v) is 8.29. The lowest BCUT2D eigenvalue weighted by atomic mass is 10.1. The van der Waals surface area contributed by atoms with Crippen LogP contribution in [0, 0.1) is 13.8 Å². The number of hydrogen-bond acceptors (Lipinski definition) is 5. The van der Waals surface area contributed by atoms with E-state index in [2.05, 4.69) is 15.6 Å². The normalized spacial score (nSPS) is 15.6. The van der Waals surface area contributed by atoms with Crippen molar-refractivity contribution >= 4 is 17.5 Å². The second-order valence-electron chi connectivity index (χ2n) is 6.23. The third-order valence-corrected chi connectivity index (χ3v) is 4.27. The first kappa shape index (κ1) is 17.0. The van der Waals surface area contributed by atoms with E-state index in [-0.39, 0.29) is 24.4 Å². The van der Waals surface area contributed by atoms with Crippen molar-refractivity contribution in [1.29, 1.82) is 0 Å². The van der Waals surface area contributed by atoms with Gasteiger partial charge in [0.15, 0.2) is 0 Å². The van der Waals surface area contributed by atoms with Crippen LogP contribution in [0.3, 0.4) is 0 Å². The molecular weight excluding hydrogens is 320 g/mol. The van der Waals surface area contributed by atoms with Crippen LogP contribution in [0.25, 0.3) is 0 Å². The molecule has 0 aliphatic carbocycles. The summed E-state index contributed by atoms with van der Waals surface area (Å²) in [5, 5.41) is 5.73. The van der Waals surface area contributed by atoms with Crippen LogP contribution < -0.4 is 15.5 Å². The van der Waals surface area contributed by atoms with E-state index in [0.717, 1.165) is 22.8 Å². The van der Waals surface area contributed by atoms with Crippen LogP contribution >= 0.6 is 0 Å². The molecule has 0 bridgehead atoms. The number of carbonyl (C=O) groups is 2. The number of rotatable bonds is 4. The van der Waals surface area contributed by atoms with Gasteiger partial charge < -0.3 is 20.0 Å². The number of piperazine rings is 1. The molecule has 1 aliphatic heterocycles. The monoisotopic (exact) mass is 342 g/mol. The number of aryl methyl sites for hydroxylation is 2. The average molecular weight is 342 g/mol. The Labute approximate surface area is 146 Å². The van der Waals surface area contributed by atoms with Crippen molar-refractivity contribution in [2.24, 2.45) is 0 Å². The molecule has 0 saturated carbocycles. The summed E-state index contributed by atoms with van der Waals surface area (Å²) < 4.78 is 5.52. The fourth-order valence-electron chi connectivity index (χ4n) is 3.03. The Hall–Kier alpha value is -2.83. The van der Waals surface area contributed by atoms with Gasteiger partial charge in [-0.25, -0.2) is 0 Å². The summed E-state index contributed by atoms with van der Waals surface area (Å²) >= 11 is 0. The highest BCUT2D eigenvalue weighted by atomic mass is 16.3. The first-order valence-electron chi connectivity index (χ1n) is 8.29. The predicted molar refractivity (Wildman–Crippen MR) is 93.5 cm³/mol. The minimum atomic E-state index is -0.255. The second-order valence-corrected chi connectivity index (χ2v) is 6.23. The van der Waals surface area contributed by atoms with Crippen molar-refractivity contribution in [2.45, 2.75) is 26.8 Å². The number of anilines is 1. The van der Waals surface area contributed by atoms with Gasteiger partial charge in [-0.05, 0) is 39.0 Å². The van der Waals surface area contributed by atoms with E-state index in [9.17, 15) is 9.59 Å². The Morgan fingerprint density at radius 3 is 2.88 bits per heavy atom. The zero-order valence-electron chi connectivity index (χ0n) is 14.6. The van der Waals surface area contributed by atoms with Crippen molar-refractivity contribution in [3.8, 4) is 0 Å². The number of aromatic nitrogens is 1. The third-order valence-electron chi connectivity index (χ3n) is 4.27. The number of furan rings is 1. The number of carbonyl (C=O) groups excluding carboxylic acids is 2. The fraction of sp³-hybridized carbons (Fsp3) is 0.389. The Kier molecular flexibility index (Phi) is 4.74. The zero-order valence-corrected chi connectivity index (χ0v) is 14.6. The van der Waals surface area contributed by atoms with Crippen molar-refractivity contribution in [3.63, 3.8) is 0 Å². The van der Waals surface area contributed by atoms with Gasteiger partial charge in [0.2, 0.25) is 5.91 Å². The summed E-state index contributed by atoms with van der Waals surface area (Å²) in [6.07, 6.45) is 1.59. The Balaban J connectivity index is 1.73. The third kappa shape index (κ3) is 3.81. The molecule has 1 atom stereocenters. The molecular formula is C18H22N4O3. The van der Waals surface area contributed by atoms with Gasteiger partial charge in [0, 0.05) is 30.5 Å². The quantitative estimate of drug-likeness (QED) is 0.883. The number of pyridine rings is 1. The van der Waals surface area contributed by atoms with Gasteiger partial charge in [-0.3, -0.25) is 14.6 Å².